The van der Waals surface area contributed by atoms with Gasteiger partial charge in [-0.05, 0) is 12.5 Å². The number of hydrogen-bond donors (Lipinski definition) is 1. The van der Waals surface area contributed by atoms with Crippen molar-refractivity contribution in [1.29, 1.82) is 0 Å². The number of nitro benzene ring substituents is 1. The molecular formula is C11H11F3N2O3. The number of anilines is 1. The van der Waals surface area contributed by atoms with E-state index in [9.17, 15) is 28.4 Å². The van der Waals surface area contributed by atoms with Crippen LogP contribution in [0.1, 0.15) is 12.0 Å². The average Bonchev–Trinajstić information content (AvgIpc) is 2.73. The van der Waals surface area contributed by atoms with E-state index in [0.717, 1.165) is 12.1 Å². The summed E-state index contributed by atoms with van der Waals surface area (Å²) in [4.78, 5) is 11.1. The number of benzene rings is 1. The van der Waals surface area contributed by atoms with Gasteiger partial charge in [0.05, 0.1) is 16.6 Å². The van der Waals surface area contributed by atoms with Gasteiger partial charge in [0.15, 0.2) is 0 Å². The summed E-state index contributed by atoms with van der Waals surface area (Å²) in [5.41, 5.74) is -1.78. The van der Waals surface area contributed by atoms with Crippen molar-refractivity contribution in [3.63, 3.8) is 0 Å². The Morgan fingerprint density at radius 2 is 2.11 bits per heavy atom. The molecule has 1 saturated heterocycles. The molecule has 0 bridgehead atoms. The van der Waals surface area contributed by atoms with E-state index in [1.54, 1.807) is 0 Å². The van der Waals surface area contributed by atoms with Crippen LogP contribution in [0.25, 0.3) is 0 Å². The van der Waals surface area contributed by atoms with E-state index in [0.29, 0.717) is 19.0 Å². The van der Waals surface area contributed by atoms with Gasteiger partial charge in [0.25, 0.3) is 5.69 Å². The Labute approximate surface area is 106 Å². The number of β-amino-alcohol motifs (C(OH)–C–C–N with tert-alkyl or cyclic N) is 1. The van der Waals surface area contributed by atoms with Crippen LogP contribution in [0, 0.1) is 10.1 Å². The first-order valence-corrected chi connectivity index (χ1v) is 5.57. The average molecular weight is 276 g/mol. The monoisotopic (exact) mass is 276 g/mol. The van der Waals surface area contributed by atoms with Gasteiger partial charge in [-0.3, -0.25) is 10.1 Å². The molecule has 1 atom stereocenters. The van der Waals surface area contributed by atoms with Gasteiger partial charge < -0.3 is 10.0 Å². The van der Waals surface area contributed by atoms with E-state index in [1.807, 2.05) is 0 Å². The Morgan fingerprint density at radius 1 is 1.42 bits per heavy atom. The summed E-state index contributed by atoms with van der Waals surface area (Å²) >= 11 is 0. The molecule has 0 aliphatic carbocycles. The molecule has 0 amide bonds. The van der Waals surface area contributed by atoms with Crippen molar-refractivity contribution in [2.24, 2.45) is 0 Å². The van der Waals surface area contributed by atoms with E-state index < -0.39 is 28.5 Å². The van der Waals surface area contributed by atoms with E-state index in [1.165, 1.54) is 4.90 Å². The largest absolute Gasteiger partial charge is 0.418 e. The predicted molar refractivity (Wildman–Crippen MR) is 60.9 cm³/mol. The molecule has 1 aliphatic rings. The SMILES string of the molecule is O=[N+]([O-])c1ccc(N2CC[C@H](O)C2)c(C(F)(F)F)c1. The second kappa shape index (κ2) is 4.69. The Kier molecular flexibility index (Phi) is 3.36. The van der Waals surface area contributed by atoms with Crippen LogP contribution in [0.2, 0.25) is 0 Å². The van der Waals surface area contributed by atoms with Crippen LogP contribution in [0.15, 0.2) is 18.2 Å². The van der Waals surface area contributed by atoms with Gasteiger partial charge in [-0.1, -0.05) is 0 Å². The zero-order valence-electron chi connectivity index (χ0n) is 9.72. The Hall–Kier alpha value is -1.83. The van der Waals surface area contributed by atoms with Crippen LogP contribution in [0.5, 0.6) is 0 Å². The lowest BCUT2D eigenvalue weighted by atomic mass is 10.1. The molecule has 1 aromatic carbocycles. The molecule has 2 rings (SSSR count). The quantitative estimate of drug-likeness (QED) is 0.664. The third-order valence-electron chi connectivity index (χ3n) is 3.00. The van der Waals surface area contributed by atoms with Crippen LogP contribution >= 0.6 is 0 Å². The van der Waals surface area contributed by atoms with E-state index in [-0.39, 0.29) is 12.2 Å². The first-order chi connectivity index (χ1) is 8.79. The fourth-order valence-electron chi connectivity index (χ4n) is 2.10. The van der Waals surface area contributed by atoms with Crippen molar-refractivity contribution >= 4 is 11.4 Å². The van der Waals surface area contributed by atoms with Crippen LogP contribution < -0.4 is 4.90 Å². The van der Waals surface area contributed by atoms with Crippen LogP contribution in [-0.2, 0) is 6.18 Å². The number of non-ortho nitro benzene ring substituents is 1. The number of aliphatic hydroxyl groups excluding tert-OH is 1. The summed E-state index contributed by atoms with van der Waals surface area (Å²) in [7, 11) is 0. The summed E-state index contributed by atoms with van der Waals surface area (Å²) in [6.45, 7) is 0.392. The molecule has 1 aromatic rings. The maximum absolute atomic E-state index is 12.9. The van der Waals surface area contributed by atoms with E-state index in [2.05, 4.69) is 0 Å². The minimum Gasteiger partial charge on any atom is -0.391 e. The molecule has 19 heavy (non-hydrogen) atoms. The fourth-order valence-corrected chi connectivity index (χ4v) is 2.10. The zero-order chi connectivity index (χ0) is 14.2. The molecule has 104 valence electrons. The first-order valence-electron chi connectivity index (χ1n) is 5.57. The van der Waals surface area contributed by atoms with Crippen molar-refractivity contribution in [2.75, 3.05) is 18.0 Å². The summed E-state index contributed by atoms with van der Waals surface area (Å²) in [6, 6.07) is 2.65. The van der Waals surface area contributed by atoms with Crippen molar-refractivity contribution in [3.05, 3.63) is 33.9 Å². The van der Waals surface area contributed by atoms with Gasteiger partial charge in [0.2, 0.25) is 0 Å². The van der Waals surface area contributed by atoms with Crippen LogP contribution in [-0.4, -0.2) is 29.2 Å². The molecule has 0 aromatic heterocycles. The third-order valence-corrected chi connectivity index (χ3v) is 3.00. The van der Waals surface area contributed by atoms with Gasteiger partial charge >= 0.3 is 6.18 Å². The summed E-state index contributed by atoms with van der Waals surface area (Å²) in [5, 5.41) is 19.9. The maximum atomic E-state index is 12.9. The smallest absolute Gasteiger partial charge is 0.391 e. The summed E-state index contributed by atoms with van der Waals surface area (Å²) in [6.07, 6.45) is -4.96. The second-order valence-electron chi connectivity index (χ2n) is 4.34. The van der Waals surface area contributed by atoms with Crippen molar-refractivity contribution in [2.45, 2.75) is 18.7 Å². The molecule has 1 aliphatic heterocycles. The molecule has 8 heteroatoms. The number of alkyl halides is 3. The Balaban J connectivity index is 2.45. The molecule has 1 heterocycles. The number of aliphatic hydroxyl groups is 1. The summed E-state index contributed by atoms with van der Waals surface area (Å²) < 4.78 is 38.8. The zero-order valence-corrected chi connectivity index (χ0v) is 9.72. The Bertz CT molecular complexity index is 504. The number of rotatable bonds is 2. The molecule has 0 saturated carbocycles. The highest BCUT2D eigenvalue weighted by molar-refractivity contribution is 5.59. The number of halogens is 3. The van der Waals surface area contributed by atoms with Crippen molar-refractivity contribution in [1.82, 2.24) is 0 Å². The normalized spacial score (nSPS) is 19.8. The molecule has 5 nitrogen and oxygen atoms in total. The van der Waals surface area contributed by atoms with E-state index >= 15 is 0 Å². The predicted octanol–water partition coefficient (Wildman–Crippen LogP) is 2.18. The minimum absolute atomic E-state index is 0.0981. The second-order valence-corrected chi connectivity index (χ2v) is 4.34. The third kappa shape index (κ3) is 2.78. The first kappa shape index (κ1) is 13.6. The molecule has 1 N–H and O–H groups in total. The van der Waals surface area contributed by atoms with Gasteiger partial charge in [0, 0.05) is 30.9 Å². The van der Waals surface area contributed by atoms with Crippen molar-refractivity contribution < 1.29 is 23.2 Å². The molecule has 1 fully saturated rings. The lowest BCUT2D eigenvalue weighted by Gasteiger charge is -2.22. The topological polar surface area (TPSA) is 66.6 Å². The lowest BCUT2D eigenvalue weighted by molar-refractivity contribution is -0.385. The minimum atomic E-state index is -4.67. The molecule has 0 unspecified atom stereocenters. The standard InChI is InChI=1S/C11H11F3N2O3/c12-11(13,14)9-5-7(16(18)19)1-2-10(9)15-4-3-8(17)6-15/h1-2,5,8,17H,3-4,6H2/t8-/m0/s1. The van der Waals surface area contributed by atoms with Crippen LogP contribution in [0.3, 0.4) is 0 Å². The van der Waals surface area contributed by atoms with Crippen LogP contribution in [0.4, 0.5) is 24.5 Å². The van der Waals surface area contributed by atoms with Gasteiger partial charge in [0.1, 0.15) is 0 Å². The highest BCUT2D eigenvalue weighted by atomic mass is 19.4. The molecule has 0 spiro atoms. The molecular weight excluding hydrogens is 265 g/mol. The summed E-state index contributed by atoms with van der Waals surface area (Å²) in [5.74, 6) is 0. The number of nitro groups is 1. The van der Waals surface area contributed by atoms with Gasteiger partial charge in [-0.2, -0.15) is 13.2 Å². The van der Waals surface area contributed by atoms with E-state index in [4.69, 9.17) is 0 Å². The number of nitrogens with zero attached hydrogens (tertiary/aromatic N) is 2. The number of hydrogen-bond acceptors (Lipinski definition) is 4. The van der Waals surface area contributed by atoms with Crippen molar-refractivity contribution in [3.8, 4) is 0 Å². The molecule has 0 radical (unpaired) electrons. The Morgan fingerprint density at radius 3 is 2.58 bits per heavy atom. The van der Waals surface area contributed by atoms with Gasteiger partial charge in [-0.25, -0.2) is 0 Å². The van der Waals surface area contributed by atoms with Gasteiger partial charge in [-0.15, -0.1) is 0 Å². The fraction of sp³-hybridized carbons (Fsp3) is 0.455. The highest BCUT2D eigenvalue weighted by Crippen LogP contribution is 2.39. The highest BCUT2D eigenvalue weighted by Gasteiger charge is 2.37. The lowest BCUT2D eigenvalue weighted by Crippen LogP contribution is -2.24. The maximum Gasteiger partial charge on any atom is 0.418 e.